The van der Waals surface area contributed by atoms with Crippen molar-refractivity contribution >= 4 is 18.0 Å². The number of benzene rings is 2. The van der Waals surface area contributed by atoms with E-state index in [9.17, 15) is 14.4 Å². The monoisotopic (exact) mass is 484 g/mol. The van der Waals surface area contributed by atoms with Crippen molar-refractivity contribution in [3.05, 3.63) is 59.7 Å². The molecule has 0 spiro atoms. The average Bonchev–Trinajstić information content (AvgIpc) is 3.11. The number of rotatable bonds is 9. The summed E-state index contributed by atoms with van der Waals surface area (Å²) in [5.41, 5.74) is 3.76. The number of hydrogen-bond acceptors (Lipinski definition) is 6. The third kappa shape index (κ3) is 6.58. The normalized spacial score (nSPS) is 14.4. The molecule has 9 heteroatoms. The van der Waals surface area contributed by atoms with E-state index in [0.29, 0.717) is 0 Å². The Bertz CT molecular complexity index is 1030. The number of carbonyl (C=O) groups excluding carboxylic acids is 2. The van der Waals surface area contributed by atoms with E-state index in [1.54, 1.807) is 6.92 Å². The molecule has 1 aliphatic rings. The standard InChI is InChI=1S/C26H32N2O7/c1-16(35-26(2,3)4)23(24(31)28(5)34-15-22(29)30)27-25(32)33-14-21-19-12-8-6-10-17(19)18-11-7-9-13-20(18)21/h6-13,16,21,23H,14-15H2,1-5H3,(H,27,32)(H,29,30)/t16-,23+/m1/s1. The van der Waals surface area contributed by atoms with Crippen LogP contribution in [-0.2, 0) is 23.9 Å². The zero-order valence-electron chi connectivity index (χ0n) is 20.6. The lowest BCUT2D eigenvalue weighted by molar-refractivity contribution is -0.191. The molecule has 0 aliphatic heterocycles. The summed E-state index contributed by atoms with van der Waals surface area (Å²) in [6.07, 6.45) is -1.54. The lowest BCUT2D eigenvalue weighted by Gasteiger charge is -2.32. The highest BCUT2D eigenvalue weighted by Crippen LogP contribution is 2.44. The number of carbonyl (C=O) groups is 3. The van der Waals surface area contributed by atoms with Gasteiger partial charge in [0.05, 0.1) is 11.7 Å². The summed E-state index contributed by atoms with van der Waals surface area (Å²) in [6.45, 7) is 6.49. The molecule has 0 saturated heterocycles. The van der Waals surface area contributed by atoms with Gasteiger partial charge in [0, 0.05) is 13.0 Å². The summed E-state index contributed by atoms with van der Waals surface area (Å²) >= 11 is 0. The van der Waals surface area contributed by atoms with Crippen LogP contribution in [0.2, 0.25) is 0 Å². The third-order valence-electron chi connectivity index (χ3n) is 5.58. The molecule has 188 valence electrons. The zero-order valence-corrected chi connectivity index (χ0v) is 20.6. The van der Waals surface area contributed by atoms with E-state index in [2.05, 4.69) is 5.32 Å². The number of fused-ring (bicyclic) bond motifs is 3. The molecular weight excluding hydrogens is 452 g/mol. The molecule has 0 fully saturated rings. The second-order valence-electron chi connectivity index (χ2n) is 9.39. The van der Waals surface area contributed by atoms with Gasteiger partial charge in [0.15, 0.2) is 6.61 Å². The van der Waals surface area contributed by atoms with Crippen LogP contribution in [-0.4, -0.2) is 66.1 Å². The number of hydrogen-bond donors (Lipinski definition) is 2. The number of ether oxygens (including phenoxy) is 2. The molecule has 2 amide bonds. The predicted molar refractivity (Wildman–Crippen MR) is 129 cm³/mol. The SMILES string of the molecule is C[C@@H](OC(C)(C)C)[C@H](NC(=O)OCC1c2ccccc2-c2ccccc21)C(=O)N(C)OCC(=O)O. The van der Waals surface area contributed by atoms with Gasteiger partial charge < -0.3 is 19.9 Å². The van der Waals surface area contributed by atoms with Crippen molar-refractivity contribution in [2.24, 2.45) is 0 Å². The fourth-order valence-corrected chi connectivity index (χ4v) is 4.18. The van der Waals surface area contributed by atoms with Crippen LogP contribution in [0.1, 0.15) is 44.7 Å². The van der Waals surface area contributed by atoms with Crippen LogP contribution in [0.25, 0.3) is 11.1 Å². The fourth-order valence-electron chi connectivity index (χ4n) is 4.18. The van der Waals surface area contributed by atoms with Crippen molar-refractivity contribution < 1.29 is 33.8 Å². The van der Waals surface area contributed by atoms with Crippen LogP contribution in [0.15, 0.2) is 48.5 Å². The molecule has 0 heterocycles. The van der Waals surface area contributed by atoms with E-state index in [-0.39, 0.29) is 12.5 Å². The minimum Gasteiger partial charge on any atom is -0.479 e. The molecule has 2 N–H and O–H groups in total. The number of nitrogens with zero attached hydrogens (tertiary/aromatic N) is 1. The Morgan fingerprint density at radius 2 is 1.57 bits per heavy atom. The van der Waals surface area contributed by atoms with Gasteiger partial charge in [-0.2, -0.15) is 0 Å². The summed E-state index contributed by atoms with van der Waals surface area (Å²) in [6, 6.07) is 14.8. The highest BCUT2D eigenvalue weighted by atomic mass is 16.7. The number of amides is 2. The number of aliphatic carboxylic acids is 1. The summed E-state index contributed by atoms with van der Waals surface area (Å²) in [7, 11) is 1.28. The van der Waals surface area contributed by atoms with Crippen LogP contribution in [0.5, 0.6) is 0 Å². The number of carboxylic acids is 1. The molecule has 0 unspecified atom stereocenters. The van der Waals surface area contributed by atoms with Gasteiger partial charge in [0.25, 0.3) is 5.91 Å². The molecule has 3 rings (SSSR count). The van der Waals surface area contributed by atoms with Crippen molar-refractivity contribution in [1.82, 2.24) is 10.4 Å². The Morgan fingerprint density at radius 3 is 2.09 bits per heavy atom. The first kappa shape index (κ1) is 26.2. The van der Waals surface area contributed by atoms with Gasteiger partial charge in [-0.05, 0) is 49.9 Å². The molecule has 1 aliphatic carbocycles. The van der Waals surface area contributed by atoms with E-state index < -0.39 is 42.3 Å². The number of carboxylic acid groups (broad SMARTS) is 1. The Labute approximate surface area is 204 Å². The topological polar surface area (TPSA) is 114 Å². The molecule has 2 aromatic rings. The number of nitrogens with one attached hydrogen (secondary N) is 1. The Balaban J connectivity index is 1.71. The molecule has 0 radical (unpaired) electrons. The van der Waals surface area contributed by atoms with Gasteiger partial charge in [-0.15, -0.1) is 0 Å². The van der Waals surface area contributed by atoms with Crippen molar-refractivity contribution in [2.75, 3.05) is 20.3 Å². The molecule has 35 heavy (non-hydrogen) atoms. The van der Waals surface area contributed by atoms with Crippen molar-refractivity contribution in [3.8, 4) is 11.1 Å². The van der Waals surface area contributed by atoms with Crippen LogP contribution in [0, 0.1) is 0 Å². The summed E-state index contributed by atoms with van der Waals surface area (Å²) < 4.78 is 11.4. The molecule has 0 aromatic heterocycles. The minimum absolute atomic E-state index is 0.0840. The average molecular weight is 485 g/mol. The maximum absolute atomic E-state index is 13.0. The third-order valence-corrected chi connectivity index (χ3v) is 5.58. The van der Waals surface area contributed by atoms with E-state index in [4.69, 9.17) is 19.4 Å². The molecule has 2 atom stereocenters. The second-order valence-corrected chi connectivity index (χ2v) is 9.39. The van der Waals surface area contributed by atoms with E-state index in [1.807, 2.05) is 69.3 Å². The minimum atomic E-state index is -1.23. The highest BCUT2D eigenvalue weighted by molar-refractivity contribution is 5.86. The molecule has 0 bridgehead atoms. The number of hydroxylamine groups is 2. The number of alkyl carbamates (subject to hydrolysis) is 1. The first-order valence-electron chi connectivity index (χ1n) is 11.4. The smallest absolute Gasteiger partial charge is 0.407 e. The molecule has 9 nitrogen and oxygen atoms in total. The summed E-state index contributed by atoms with van der Waals surface area (Å²) in [5, 5.41) is 12.2. The maximum atomic E-state index is 13.0. The first-order chi connectivity index (χ1) is 16.5. The fraction of sp³-hybridized carbons (Fsp3) is 0.423. The van der Waals surface area contributed by atoms with Gasteiger partial charge >= 0.3 is 12.1 Å². The first-order valence-corrected chi connectivity index (χ1v) is 11.4. The second kappa shape index (κ2) is 10.9. The maximum Gasteiger partial charge on any atom is 0.407 e. The Kier molecular flexibility index (Phi) is 8.14. The lowest BCUT2D eigenvalue weighted by Crippen LogP contribution is -2.55. The van der Waals surface area contributed by atoms with E-state index >= 15 is 0 Å². The van der Waals surface area contributed by atoms with Gasteiger partial charge in [0.2, 0.25) is 0 Å². The molecular formula is C26H32N2O7. The van der Waals surface area contributed by atoms with Crippen LogP contribution in [0.3, 0.4) is 0 Å². The van der Waals surface area contributed by atoms with Gasteiger partial charge in [-0.1, -0.05) is 48.5 Å². The lowest BCUT2D eigenvalue weighted by atomic mass is 9.98. The van der Waals surface area contributed by atoms with Crippen LogP contribution < -0.4 is 5.32 Å². The quantitative estimate of drug-likeness (QED) is 0.523. The largest absolute Gasteiger partial charge is 0.479 e. The van der Waals surface area contributed by atoms with Crippen molar-refractivity contribution in [2.45, 2.75) is 51.4 Å². The van der Waals surface area contributed by atoms with Gasteiger partial charge in [0.1, 0.15) is 12.6 Å². The highest BCUT2D eigenvalue weighted by Gasteiger charge is 2.35. The summed E-state index contributed by atoms with van der Waals surface area (Å²) in [5.74, 6) is -2.03. The van der Waals surface area contributed by atoms with Crippen molar-refractivity contribution in [1.29, 1.82) is 0 Å². The molecule has 0 saturated carbocycles. The number of likely N-dealkylation sites (N-methyl/N-ethyl adjacent to an activating group) is 1. The van der Waals surface area contributed by atoms with Crippen LogP contribution in [0.4, 0.5) is 4.79 Å². The van der Waals surface area contributed by atoms with Gasteiger partial charge in [-0.25, -0.2) is 14.7 Å². The predicted octanol–water partition coefficient (Wildman–Crippen LogP) is 3.57. The van der Waals surface area contributed by atoms with E-state index in [0.717, 1.165) is 27.3 Å². The van der Waals surface area contributed by atoms with Crippen LogP contribution >= 0.6 is 0 Å². The van der Waals surface area contributed by atoms with E-state index in [1.165, 1.54) is 7.05 Å². The molecule has 2 aromatic carbocycles. The summed E-state index contributed by atoms with van der Waals surface area (Å²) in [4.78, 5) is 41.5. The van der Waals surface area contributed by atoms with Crippen molar-refractivity contribution in [3.63, 3.8) is 0 Å². The van der Waals surface area contributed by atoms with Gasteiger partial charge in [-0.3, -0.25) is 9.63 Å². The Hall–Kier alpha value is -3.43. The zero-order chi connectivity index (χ0) is 25.8. The Morgan fingerprint density at radius 1 is 1.03 bits per heavy atom.